The predicted molar refractivity (Wildman–Crippen MR) is 78.8 cm³/mol. The Hall–Kier alpha value is -2.35. The Bertz CT molecular complexity index is 727. The number of rotatable bonds is 5. The second-order valence-electron chi connectivity index (χ2n) is 5.49. The standard InChI is InChI=1S/C16H17F3N2O3/c1-10-4-3-5-12(21-10)9-20-14(22)8-15(23,16(17,18)19)13-7-6-11(2)24-13/h3-7,23H,8-9H2,1-2H3,(H,20,22). The number of nitrogens with zero attached hydrogens (tertiary/aromatic N) is 1. The molecular weight excluding hydrogens is 325 g/mol. The van der Waals surface area contributed by atoms with E-state index in [-0.39, 0.29) is 12.3 Å². The van der Waals surface area contributed by atoms with Crippen LogP contribution in [0.2, 0.25) is 0 Å². The van der Waals surface area contributed by atoms with Crippen molar-refractivity contribution in [2.24, 2.45) is 0 Å². The van der Waals surface area contributed by atoms with Gasteiger partial charge in [0.1, 0.15) is 11.5 Å². The molecule has 0 spiro atoms. The second-order valence-corrected chi connectivity index (χ2v) is 5.49. The lowest BCUT2D eigenvalue weighted by Gasteiger charge is -2.27. The number of hydrogen-bond acceptors (Lipinski definition) is 4. The lowest BCUT2D eigenvalue weighted by Crippen LogP contribution is -2.46. The van der Waals surface area contributed by atoms with Crippen molar-refractivity contribution in [1.29, 1.82) is 0 Å². The van der Waals surface area contributed by atoms with E-state index in [1.807, 2.05) is 0 Å². The van der Waals surface area contributed by atoms with Crippen molar-refractivity contribution in [3.63, 3.8) is 0 Å². The van der Waals surface area contributed by atoms with Crippen molar-refractivity contribution in [3.05, 3.63) is 53.2 Å². The third-order valence-corrected chi connectivity index (χ3v) is 3.45. The molecule has 0 saturated carbocycles. The number of alkyl halides is 3. The van der Waals surface area contributed by atoms with Crippen LogP contribution in [0.25, 0.3) is 0 Å². The van der Waals surface area contributed by atoms with Crippen LogP contribution in [0.3, 0.4) is 0 Å². The van der Waals surface area contributed by atoms with Gasteiger partial charge in [-0.2, -0.15) is 13.2 Å². The van der Waals surface area contributed by atoms with Gasteiger partial charge in [0.2, 0.25) is 11.5 Å². The first-order chi connectivity index (χ1) is 11.1. The Morgan fingerprint density at radius 3 is 2.50 bits per heavy atom. The van der Waals surface area contributed by atoms with Crippen LogP contribution in [0.4, 0.5) is 13.2 Å². The highest BCUT2D eigenvalue weighted by atomic mass is 19.4. The van der Waals surface area contributed by atoms with Gasteiger partial charge in [0.15, 0.2) is 0 Å². The van der Waals surface area contributed by atoms with Crippen molar-refractivity contribution in [1.82, 2.24) is 10.3 Å². The molecule has 2 rings (SSSR count). The molecule has 0 fully saturated rings. The first-order valence-electron chi connectivity index (χ1n) is 7.17. The number of carbonyl (C=O) groups is 1. The van der Waals surface area contributed by atoms with Crippen molar-refractivity contribution in [2.75, 3.05) is 0 Å². The average Bonchev–Trinajstić information content (AvgIpc) is 2.91. The molecule has 1 unspecified atom stereocenters. The largest absolute Gasteiger partial charge is 0.463 e. The molecule has 130 valence electrons. The molecule has 0 aliphatic heterocycles. The summed E-state index contributed by atoms with van der Waals surface area (Å²) in [6, 6.07) is 7.42. The fourth-order valence-electron chi connectivity index (χ4n) is 2.17. The van der Waals surface area contributed by atoms with Crippen LogP contribution >= 0.6 is 0 Å². The molecule has 0 bridgehead atoms. The predicted octanol–water partition coefficient (Wildman–Crippen LogP) is 2.75. The van der Waals surface area contributed by atoms with Crippen molar-refractivity contribution in [2.45, 2.75) is 38.6 Å². The highest BCUT2D eigenvalue weighted by Crippen LogP contribution is 2.42. The summed E-state index contributed by atoms with van der Waals surface area (Å²) >= 11 is 0. The Labute approximate surface area is 136 Å². The molecule has 0 aliphatic rings. The Balaban J connectivity index is 2.11. The number of carbonyl (C=O) groups excluding carboxylic acids is 1. The van der Waals surface area contributed by atoms with Crippen LogP contribution < -0.4 is 5.32 Å². The van der Waals surface area contributed by atoms with E-state index in [0.29, 0.717) is 5.69 Å². The third kappa shape index (κ3) is 3.94. The van der Waals surface area contributed by atoms with Crippen LogP contribution in [-0.2, 0) is 16.9 Å². The number of furan rings is 1. The Morgan fingerprint density at radius 1 is 1.25 bits per heavy atom. The van der Waals surface area contributed by atoms with Gasteiger partial charge in [-0.05, 0) is 38.1 Å². The normalized spacial score (nSPS) is 14.2. The van der Waals surface area contributed by atoms with Gasteiger partial charge in [-0.3, -0.25) is 9.78 Å². The summed E-state index contributed by atoms with van der Waals surface area (Å²) in [6.45, 7) is 3.17. The lowest BCUT2D eigenvalue weighted by molar-refractivity contribution is -0.273. The van der Waals surface area contributed by atoms with E-state index in [2.05, 4.69) is 10.3 Å². The summed E-state index contributed by atoms with van der Waals surface area (Å²) < 4.78 is 44.7. The van der Waals surface area contributed by atoms with Crippen LogP contribution in [0.15, 0.2) is 34.7 Å². The maximum atomic E-state index is 13.3. The Morgan fingerprint density at radius 2 is 1.96 bits per heavy atom. The molecule has 2 heterocycles. The van der Waals surface area contributed by atoms with Gasteiger partial charge in [0.05, 0.1) is 18.7 Å². The monoisotopic (exact) mass is 342 g/mol. The van der Waals surface area contributed by atoms with Crippen LogP contribution in [-0.4, -0.2) is 22.2 Å². The van der Waals surface area contributed by atoms with Crippen molar-refractivity contribution >= 4 is 5.91 Å². The molecule has 0 aliphatic carbocycles. The third-order valence-electron chi connectivity index (χ3n) is 3.45. The summed E-state index contributed by atoms with van der Waals surface area (Å²) in [7, 11) is 0. The molecule has 0 radical (unpaired) electrons. The maximum Gasteiger partial charge on any atom is 0.425 e. The number of nitrogens with one attached hydrogen (secondary N) is 1. The quantitative estimate of drug-likeness (QED) is 0.876. The Kier molecular flexibility index (Phi) is 4.98. The SMILES string of the molecule is Cc1cccc(CNC(=O)CC(O)(c2ccc(C)o2)C(F)(F)F)n1. The maximum absolute atomic E-state index is 13.3. The van der Waals surface area contributed by atoms with Crippen LogP contribution in [0.1, 0.15) is 29.3 Å². The zero-order valence-corrected chi connectivity index (χ0v) is 13.1. The molecule has 0 saturated heterocycles. The minimum absolute atomic E-state index is 0.0361. The summed E-state index contributed by atoms with van der Waals surface area (Å²) in [6.07, 6.45) is -6.26. The number of halogens is 3. The van der Waals surface area contributed by atoms with Crippen LogP contribution in [0, 0.1) is 13.8 Å². The fraction of sp³-hybridized carbons (Fsp3) is 0.375. The molecule has 2 aromatic rings. The van der Waals surface area contributed by atoms with Gasteiger partial charge in [0, 0.05) is 5.69 Å². The van der Waals surface area contributed by atoms with E-state index in [1.54, 1.807) is 25.1 Å². The van der Waals surface area contributed by atoms with Crippen LogP contribution in [0.5, 0.6) is 0 Å². The molecular formula is C16H17F3N2O3. The number of aryl methyl sites for hydroxylation is 2. The smallest absolute Gasteiger partial charge is 0.425 e. The van der Waals surface area contributed by atoms with E-state index >= 15 is 0 Å². The molecule has 2 aromatic heterocycles. The minimum Gasteiger partial charge on any atom is -0.463 e. The summed E-state index contributed by atoms with van der Waals surface area (Å²) in [5.74, 6) is -1.47. The average molecular weight is 342 g/mol. The molecule has 0 aromatic carbocycles. The molecule has 2 N–H and O–H groups in total. The van der Waals surface area contributed by atoms with Gasteiger partial charge in [-0.1, -0.05) is 6.07 Å². The highest BCUT2D eigenvalue weighted by Gasteiger charge is 2.58. The molecule has 5 nitrogen and oxygen atoms in total. The second kappa shape index (κ2) is 6.64. The number of aliphatic hydroxyl groups is 1. The summed E-state index contributed by atoms with van der Waals surface area (Å²) in [5, 5.41) is 12.4. The minimum atomic E-state index is -5.06. The number of amides is 1. The van der Waals surface area contributed by atoms with Gasteiger partial charge in [-0.25, -0.2) is 0 Å². The molecule has 8 heteroatoms. The van der Waals surface area contributed by atoms with Crippen molar-refractivity contribution in [3.8, 4) is 0 Å². The summed E-state index contributed by atoms with van der Waals surface area (Å²) in [4.78, 5) is 16.0. The van der Waals surface area contributed by atoms with E-state index in [1.165, 1.54) is 13.0 Å². The number of pyridine rings is 1. The zero-order valence-electron chi connectivity index (χ0n) is 13.1. The van der Waals surface area contributed by atoms with E-state index in [4.69, 9.17) is 4.42 Å². The first-order valence-corrected chi connectivity index (χ1v) is 7.17. The van der Waals surface area contributed by atoms with E-state index in [9.17, 15) is 23.1 Å². The number of aromatic nitrogens is 1. The molecule has 24 heavy (non-hydrogen) atoms. The van der Waals surface area contributed by atoms with E-state index in [0.717, 1.165) is 11.8 Å². The first kappa shape index (κ1) is 18.0. The van der Waals surface area contributed by atoms with Gasteiger partial charge >= 0.3 is 6.18 Å². The van der Waals surface area contributed by atoms with Crippen molar-refractivity contribution < 1.29 is 27.5 Å². The number of hydrogen-bond donors (Lipinski definition) is 2. The zero-order chi connectivity index (χ0) is 18.0. The van der Waals surface area contributed by atoms with Gasteiger partial charge in [0.25, 0.3) is 0 Å². The topological polar surface area (TPSA) is 75.4 Å². The molecule has 1 atom stereocenters. The summed E-state index contributed by atoms with van der Waals surface area (Å²) in [5.41, 5.74) is -2.15. The highest BCUT2D eigenvalue weighted by molar-refractivity contribution is 5.77. The van der Waals surface area contributed by atoms with Gasteiger partial charge < -0.3 is 14.8 Å². The fourth-order valence-corrected chi connectivity index (χ4v) is 2.17. The van der Waals surface area contributed by atoms with Gasteiger partial charge in [-0.15, -0.1) is 0 Å². The lowest BCUT2D eigenvalue weighted by atomic mass is 9.95. The molecule has 1 amide bonds. The van der Waals surface area contributed by atoms with E-state index < -0.39 is 29.9 Å².